The fraction of sp³-hybridized carbons (Fsp3) is 0.462. The number of nitrogens with zero attached hydrogens (tertiary/aromatic N) is 1. The largest absolute Gasteiger partial charge is 0.491 e. The van der Waals surface area contributed by atoms with Crippen LogP contribution in [0.15, 0.2) is 42.6 Å². The maximum absolute atomic E-state index is 12.4. The second-order valence-electron chi connectivity index (χ2n) is 9.73. The highest BCUT2D eigenvalue weighted by Crippen LogP contribution is 2.46. The Morgan fingerprint density at radius 3 is 2.59 bits per heavy atom. The average molecular weight is 463 g/mol. The Morgan fingerprint density at radius 1 is 1.12 bits per heavy atom. The van der Waals surface area contributed by atoms with Crippen LogP contribution in [0, 0.1) is 23.2 Å². The first-order valence-electron chi connectivity index (χ1n) is 12.0. The number of hydrogen-bond donors (Lipinski definition) is 3. The summed E-state index contributed by atoms with van der Waals surface area (Å²) >= 11 is 0. The van der Waals surface area contributed by atoms with E-state index in [9.17, 15) is 9.59 Å². The van der Waals surface area contributed by atoms with E-state index in [1.165, 1.54) is 12.8 Å². The quantitative estimate of drug-likeness (QED) is 0.314. The van der Waals surface area contributed by atoms with Crippen LogP contribution in [0.4, 0.5) is 0 Å². The molecule has 178 valence electrons. The molecule has 8 nitrogen and oxygen atoms in total. The molecule has 3 aliphatic rings. The Balaban J connectivity index is 1.08. The predicted octanol–water partition coefficient (Wildman–Crippen LogP) is 3.04. The van der Waals surface area contributed by atoms with E-state index >= 15 is 0 Å². The lowest BCUT2D eigenvalue weighted by Gasteiger charge is -2.22. The fourth-order valence-electron chi connectivity index (χ4n) is 5.51. The number of pyridine rings is 1. The minimum atomic E-state index is -0.355. The van der Waals surface area contributed by atoms with Crippen molar-refractivity contribution in [3.63, 3.8) is 0 Å². The number of rotatable bonds is 8. The number of amidine groups is 1. The van der Waals surface area contributed by atoms with Crippen molar-refractivity contribution in [2.45, 2.75) is 50.7 Å². The van der Waals surface area contributed by atoms with E-state index in [-0.39, 0.29) is 42.2 Å². The highest BCUT2D eigenvalue weighted by Gasteiger charge is 2.42. The number of nitrogens with one attached hydrogen (secondary N) is 2. The molecule has 2 saturated carbocycles. The van der Waals surface area contributed by atoms with Gasteiger partial charge >= 0.3 is 5.97 Å². The Morgan fingerprint density at radius 2 is 1.94 bits per heavy atom. The zero-order valence-corrected chi connectivity index (χ0v) is 19.0. The van der Waals surface area contributed by atoms with Gasteiger partial charge in [-0.15, -0.1) is 0 Å². The van der Waals surface area contributed by atoms with Crippen LogP contribution in [0.25, 0.3) is 11.3 Å². The predicted molar refractivity (Wildman–Crippen MR) is 126 cm³/mol. The Labute approximate surface area is 198 Å². The number of esters is 1. The molecule has 1 aromatic heterocycles. The molecule has 0 radical (unpaired) electrons. The SMILES string of the molecule is N=C(N)c1ccc(-c2ccc(OC[C@@H]3C[C@@H](CC(=O)OC4CC5CCC4C5)C(=O)N3)cc2)nc1. The minimum Gasteiger partial charge on any atom is -0.491 e. The van der Waals surface area contributed by atoms with Gasteiger partial charge < -0.3 is 20.5 Å². The molecule has 1 aliphatic heterocycles. The number of carbonyl (C=O) groups excluding carboxylic acids is 2. The van der Waals surface area contributed by atoms with E-state index in [1.54, 1.807) is 12.3 Å². The van der Waals surface area contributed by atoms with Crippen molar-refractivity contribution in [2.24, 2.45) is 23.5 Å². The molecule has 1 aromatic carbocycles. The van der Waals surface area contributed by atoms with Gasteiger partial charge in [-0.05, 0) is 80.3 Å². The Hall–Kier alpha value is -3.42. The second kappa shape index (κ2) is 9.44. The van der Waals surface area contributed by atoms with Crippen LogP contribution in [0.5, 0.6) is 5.75 Å². The fourth-order valence-corrected chi connectivity index (χ4v) is 5.51. The number of aromatic nitrogens is 1. The highest BCUT2D eigenvalue weighted by molar-refractivity contribution is 5.94. The summed E-state index contributed by atoms with van der Waals surface area (Å²) in [6, 6.07) is 11.0. The van der Waals surface area contributed by atoms with Crippen LogP contribution < -0.4 is 15.8 Å². The highest BCUT2D eigenvalue weighted by atomic mass is 16.5. The molecule has 4 N–H and O–H groups in total. The first kappa shape index (κ1) is 22.4. The number of nitrogens with two attached hydrogens (primary N) is 1. The third-order valence-corrected chi connectivity index (χ3v) is 7.33. The Kier molecular flexibility index (Phi) is 6.22. The van der Waals surface area contributed by atoms with E-state index in [4.69, 9.17) is 20.6 Å². The normalized spacial score (nSPS) is 27.4. The number of fused-ring (bicyclic) bond motifs is 2. The van der Waals surface area contributed by atoms with Crippen LogP contribution >= 0.6 is 0 Å². The maximum Gasteiger partial charge on any atom is 0.306 e. The molecule has 2 aliphatic carbocycles. The van der Waals surface area contributed by atoms with Gasteiger partial charge in [-0.3, -0.25) is 20.0 Å². The van der Waals surface area contributed by atoms with Crippen LogP contribution in [0.3, 0.4) is 0 Å². The summed E-state index contributed by atoms with van der Waals surface area (Å²) < 4.78 is 11.6. The van der Waals surface area contributed by atoms with Gasteiger partial charge in [0.1, 0.15) is 24.3 Å². The third-order valence-electron chi connectivity index (χ3n) is 7.33. The maximum atomic E-state index is 12.4. The van der Waals surface area contributed by atoms with Crippen LogP contribution in [-0.2, 0) is 14.3 Å². The number of hydrogen-bond acceptors (Lipinski definition) is 6. The topological polar surface area (TPSA) is 127 Å². The number of carbonyl (C=O) groups is 2. The van der Waals surface area contributed by atoms with Crippen LogP contribution in [0.2, 0.25) is 0 Å². The van der Waals surface area contributed by atoms with Gasteiger partial charge in [-0.1, -0.05) is 0 Å². The summed E-state index contributed by atoms with van der Waals surface area (Å²) in [5.74, 6) is 1.21. The number of benzene rings is 1. The zero-order valence-electron chi connectivity index (χ0n) is 19.0. The summed E-state index contributed by atoms with van der Waals surface area (Å²) in [6.45, 7) is 0.342. The first-order chi connectivity index (χ1) is 16.4. The van der Waals surface area contributed by atoms with Crippen molar-refractivity contribution >= 4 is 17.7 Å². The van der Waals surface area contributed by atoms with E-state index in [0.29, 0.717) is 30.3 Å². The molecule has 3 fully saturated rings. The molecule has 34 heavy (non-hydrogen) atoms. The van der Waals surface area contributed by atoms with Crippen LogP contribution in [-0.4, -0.2) is 41.4 Å². The number of amides is 1. The van der Waals surface area contributed by atoms with E-state index in [1.807, 2.05) is 30.3 Å². The summed E-state index contributed by atoms with van der Waals surface area (Å²) in [5.41, 5.74) is 7.75. The van der Waals surface area contributed by atoms with Gasteiger partial charge in [0.25, 0.3) is 0 Å². The van der Waals surface area contributed by atoms with Gasteiger partial charge in [0.05, 0.1) is 24.1 Å². The van der Waals surface area contributed by atoms with Crippen molar-refractivity contribution in [3.8, 4) is 17.0 Å². The van der Waals surface area contributed by atoms with Crippen molar-refractivity contribution in [1.82, 2.24) is 10.3 Å². The van der Waals surface area contributed by atoms with E-state index < -0.39 is 0 Å². The standard InChI is InChI=1S/C26H30N4O4/c27-25(28)18-5-8-22(29-13-18)16-3-6-21(7-4-16)33-14-20-11-19(26(32)30-20)12-24(31)34-23-10-15-1-2-17(23)9-15/h3-8,13,15,17,19-20,23H,1-2,9-12,14H2,(H3,27,28)(H,30,32)/t15?,17?,19-,20-,23?/m0/s1. The summed E-state index contributed by atoms with van der Waals surface area (Å²) in [7, 11) is 0. The third kappa shape index (κ3) is 4.90. The molecule has 3 unspecified atom stereocenters. The van der Waals surface area contributed by atoms with E-state index in [0.717, 1.165) is 30.0 Å². The second-order valence-corrected chi connectivity index (χ2v) is 9.73. The van der Waals surface area contributed by atoms with Crippen molar-refractivity contribution in [2.75, 3.05) is 6.61 Å². The minimum absolute atomic E-state index is 0.0125. The smallest absolute Gasteiger partial charge is 0.306 e. The van der Waals surface area contributed by atoms with Crippen molar-refractivity contribution in [1.29, 1.82) is 5.41 Å². The molecule has 0 spiro atoms. The summed E-state index contributed by atoms with van der Waals surface area (Å²) in [6.07, 6.45) is 6.94. The molecule has 2 bridgehead atoms. The molecular weight excluding hydrogens is 432 g/mol. The Bertz CT molecular complexity index is 1070. The summed E-state index contributed by atoms with van der Waals surface area (Å²) in [5, 5.41) is 10.4. The lowest BCUT2D eigenvalue weighted by molar-refractivity contribution is -0.153. The molecule has 1 amide bonds. The van der Waals surface area contributed by atoms with Gasteiger partial charge in [-0.25, -0.2) is 0 Å². The zero-order chi connectivity index (χ0) is 23.7. The van der Waals surface area contributed by atoms with Crippen molar-refractivity contribution < 1.29 is 19.1 Å². The molecule has 2 aromatic rings. The van der Waals surface area contributed by atoms with Crippen molar-refractivity contribution in [3.05, 3.63) is 48.2 Å². The summed E-state index contributed by atoms with van der Waals surface area (Å²) in [4.78, 5) is 29.1. The molecule has 8 heteroatoms. The van der Waals surface area contributed by atoms with Gasteiger partial charge in [-0.2, -0.15) is 0 Å². The van der Waals surface area contributed by atoms with Gasteiger partial charge in [0, 0.05) is 17.3 Å². The molecule has 2 heterocycles. The molecular formula is C26H30N4O4. The average Bonchev–Trinajstić information content (AvgIpc) is 3.54. The first-order valence-corrected chi connectivity index (χ1v) is 12.0. The lowest BCUT2D eigenvalue weighted by Crippen LogP contribution is -2.31. The van der Waals surface area contributed by atoms with Gasteiger partial charge in [0.2, 0.25) is 5.91 Å². The number of nitrogen functional groups attached to an aromatic ring is 1. The monoisotopic (exact) mass is 462 g/mol. The molecule has 1 saturated heterocycles. The number of ether oxygens (including phenoxy) is 2. The molecule has 5 atom stereocenters. The lowest BCUT2D eigenvalue weighted by atomic mass is 9.97. The molecule has 5 rings (SSSR count). The van der Waals surface area contributed by atoms with Crippen LogP contribution in [0.1, 0.15) is 44.1 Å². The van der Waals surface area contributed by atoms with E-state index in [2.05, 4.69) is 10.3 Å². The van der Waals surface area contributed by atoms with Gasteiger partial charge in [0.15, 0.2) is 0 Å².